The summed E-state index contributed by atoms with van der Waals surface area (Å²) in [7, 11) is 1.72. The highest BCUT2D eigenvalue weighted by molar-refractivity contribution is 5.89. The molecule has 208 valence electrons. The van der Waals surface area contributed by atoms with Gasteiger partial charge in [-0.2, -0.15) is 0 Å². The molecule has 0 radical (unpaired) electrons. The molecule has 0 bridgehead atoms. The minimum Gasteiger partial charge on any atom is -0.385 e. The van der Waals surface area contributed by atoms with Gasteiger partial charge in [-0.25, -0.2) is 9.78 Å². The summed E-state index contributed by atoms with van der Waals surface area (Å²) in [6.07, 6.45) is 6.35. The zero-order valence-corrected chi connectivity index (χ0v) is 22.8. The number of carbonyl (C=O) groups is 2. The van der Waals surface area contributed by atoms with E-state index < -0.39 is 6.04 Å². The van der Waals surface area contributed by atoms with Gasteiger partial charge in [0.05, 0.1) is 11.0 Å². The zero-order chi connectivity index (χ0) is 27.2. The van der Waals surface area contributed by atoms with Crippen molar-refractivity contribution in [2.45, 2.75) is 63.5 Å². The third-order valence-corrected chi connectivity index (χ3v) is 7.87. The minimum atomic E-state index is -0.456. The molecule has 1 saturated heterocycles. The molecule has 9 heteroatoms. The number of amides is 3. The molecule has 1 aliphatic heterocycles. The van der Waals surface area contributed by atoms with E-state index in [2.05, 4.69) is 27.3 Å². The molecule has 2 aromatic carbocycles. The summed E-state index contributed by atoms with van der Waals surface area (Å²) in [4.78, 5) is 32.5. The summed E-state index contributed by atoms with van der Waals surface area (Å²) in [6.45, 7) is 3.11. The second kappa shape index (κ2) is 12.6. The fourth-order valence-electron chi connectivity index (χ4n) is 5.90. The maximum atomic E-state index is 13.2. The Morgan fingerprint density at radius 2 is 2.00 bits per heavy atom. The van der Waals surface area contributed by atoms with Gasteiger partial charge in [-0.15, -0.1) is 0 Å². The topological polar surface area (TPSA) is 115 Å². The first-order valence-corrected chi connectivity index (χ1v) is 14.2. The Balaban J connectivity index is 1.14. The molecule has 2 heterocycles. The Morgan fingerprint density at radius 3 is 2.87 bits per heavy atom. The molecule has 9 nitrogen and oxygen atoms in total. The fourth-order valence-corrected chi connectivity index (χ4v) is 5.90. The van der Waals surface area contributed by atoms with Crippen LogP contribution in [0, 0.1) is 0 Å². The standard InChI is InChI=1S/C30H40N6O3/c1-39-16-6-15-36-27-11-3-2-10-26(27)34-29(36)23-9-5-14-35(20-23)28(37)18-24(31)19-32-30(38)33-25-13-12-21-7-4-8-22(21)17-25/h2-3,10-13,17,23-24H,4-9,14-16,18-20,31H2,1H3,(H2,32,33,38)/t23-,24+/m1/s1. The number of hydrogen-bond acceptors (Lipinski definition) is 5. The molecule has 2 aliphatic rings. The van der Waals surface area contributed by atoms with Crippen LogP contribution in [0.15, 0.2) is 42.5 Å². The predicted molar refractivity (Wildman–Crippen MR) is 153 cm³/mol. The first kappa shape index (κ1) is 27.1. The third-order valence-electron chi connectivity index (χ3n) is 7.87. The fraction of sp³-hybridized carbons (Fsp3) is 0.500. The number of rotatable bonds is 10. The number of fused-ring (bicyclic) bond motifs is 2. The lowest BCUT2D eigenvalue weighted by molar-refractivity contribution is -0.132. The summed E-state index contributed by atoms with van der Waals surface area (Å²) in [5.41, 5.74) is 11.8. The summed E-state index contributed by atoms with van der Waals surface area (Å²) < 4.78 is 7.57. The van der Waals surface area contributed by atoms with E-state index in [4.69, 9.17) is 15.5 Å². The Hall–Kier alpha value is -3.43. The first-order valence-electron chi connectivity index (χ1n) is 14.2. The number of methoxy groups -OCH3 is 1. The molecule has 1 aromatic heterocycles. The van der Waals surface area contributed by atoms with Crippen molar-refractivity contribution in [2.75, 3.05) is 38.7 Å². The van der Waals surface area contributed by atoms with Gasteiger partial charge < -0.3 is 30.6 Å². The first-order chi connectivity index (χ1) is 19.0. The van der Waals surface area contributed by atoms with Crippen molar-refractivity contribution in [2.24, 2.45) is 5.73 Å². The molecule has 0 spiro atoms. The second-order valence-corrected chi connectivity index (χ2v) is 10.8. The molecule has 0 saturated carbocycles. The van der Waals surface area contributed by atoms with E-state index in [1.165, 1.54) is 17.5 Å². The monoisotopic (exact) mass is 532 g/mol. The third kappa shape index (κ3) is 6.59. The van der Waals surface area contributed by atoms with Crippen molar-refractivity contribution in [1.82, 2.24) is 19.8 Å². The van der Waals surface area contributed by atoms with Gasteiger partial charge >= 0.3 is 6.03 Å². The Bertz CT molecular complexity index is 1310. The van der Waals surface area contributed by atoms with E-state index in [9.17, 15) is 9.59 Å². The molecular formula is C30H40N6O3. The highest BCUT2D eigenvalue weighted by Crippen LogP contribution is 2.30. The molecule has 4 N–H and O–H groups in total. The van der Waals surface area contributed by atoms with Crippen LogP contribution in [0.4, 0.5) is 10.5 Å². The van der Waals surface area contributed by atoms with Gasteiger partial charge in [-0.3, -0.25) is 4.79 Å². The Kier molecular flexibility index (Phi) is 8.78. The van der Waals surface area contributed by atoms with E-state index in [-0.39, 0.29) is 30.8 Å². The number of nitrogens with one attached hydrogen (secondary N) is 2. The van der Waals surface area contributed by atoms with Crippen LogP contribution in [-0.4, -0.2) is 65.8 Å². The number of anilines is 1. The normalized spacial score (nSPS) is 17.7. The van der Waals surface area contributed by atoms with Crippen molar-refractivity contribution in [3.05, 3.63) is 59.4 Å². The lowest BCUT2D eigenvalue weighted by Gasteiger charge is -2.33. The van der Waals surface area contributed by atoms with Crippen LogP contribution >= 0.6 is 0 Å². The number of hydrogen-bond donors (Lipinski definition) is 3. The predicted octanol–water partition coefficient (Wildman–Crippen LogP) is 3.81. The van der Waals surface area contributed by atoms with Gasteiger partial charge in [0.2, 0.25) is 5.91 Å². The molecule has 1 fully saturated rings. The number of carbonyl (C=O) groups excluding carboxylic acids is 2. The minimum absolute atomic E-state index is 0.0232. The molecule has 2 atom stereocenters. The molecule has 5 rings (SSSR count). The van der Waals surface area contributed by atoms with Crippen LogP contribution in [0.5, 0.6) is 0 Å². The quantitative estimate of drug-likeness (QED) is 0.344. The maximum absolute atomic E-state index is 13.2. The average molecular weight is 533 g/mol. The number of benzene rings is 2. The SMILES string of the molecule is COCCCn1c([C@@H]2CCCN(C(=O)C[C@H](N)CNC(=O)Nc3ccc4c(c3)CCC4)C2)nc2ccccc21. The van der Waals surface area contributed by atoms with Crippen LogP contribution in [-0.2, 0) is 28.9 Å². The number of ether oxygens (including phenoxy) is 1. The molecule has 3 amide bonds. The van der Waals surface area contributed by atoms with E-state index in [0.717, 1.165) is 67.7 Å². The van der Waals surface area contributed by atoms with Crippen molar-refractivity contribution < 1.29 is 14.3 Å². The van der Waals surface area contributed by atoms with Crippen molar-refractivity contribution >= 4 is 28.7 Å². The average Bonchev–Trinajstić information content (AvgIpc) is 3.57. The molecule has 0 unspecified atom stereocenters. The lowest BCUT2D eigenvalue weighted by Crippen LogP contribution is -2.45. The molecule has 1 aliphatic carbocycles. The van der Waals surface area contributed by atoms with E-state index >= 15 is 0 Å². The summed E-state index contributed by atoms with van der Waals surface area (Å²) >= 11 is 0. The van der Waals surface area contributed by atoms with E-state index in [0.29, 0.717) is 13.2 Å². The zero-order valence-electron chi connectivity index (χ0n) is 22.8. The van der Waals surface area contributed by atoms with Gasteiger partial charge in [0.15, 0.2) is 0 Å². The van der Waals surface area contributed by atoms with Crippen LogP contribution < -0.4 is 16.4 Å². The van der Waals surface area contributed by atoms with Gasteiger partial charge in [-0.1, -0.05) is 18.2 Å². The van der Waals surface area contributed by atoms with Gasteiger partial charge in [0.25, 0.3) is 0 Å². The smallest absolute Gasteiger partial charge is 0.319 e. The maximum Gasteiger partial charge on any atom is 0.319 e. The van der Waals surface area contributed by atoms with Gasteiger partial charge in [0, 0.05) is 64.0 Å². The number of para-hydroxylation sites is 2. The highest BCUT2D eigenvalue weighted by atomic mass is 16.5. The van der Waals surface area contributed by atoms with E-state index in [1.54, 1.807) is 7.11 Å². The lowest BCUT2D eigenvalue weighted by atomic mass is 9.96. The summed E-state index contributed by atoms with van der Waals surface area (Å²) in [5, 5.41) is 5.70. The second-order valence-electron chi connectivity index (χ2n) is 10.8. The van der Waals surface area contributed by atoms with Crippen LogP contribution in [0.25, 0.3) is 11.0 Å². The van der Waals surface area contributed by atoms with Crippen molar-refractivity contribution in [3.63, 3.8) is 0 Å². The molecule has 39 heavy (non-hydrogen) atoms. The Morgan fingerprint density at radius 1 is 1.15 bits per heavy atom. The van der Waals surface area contributed by atoms with Crippen molar-refractivity contribution in [1.29, 1.82) is 0 Å². The van der Waals surface area contributed by atoms with Crippen LogP contribution in [0.1, 0.15) is 55.0 Å². The number of piperidine rings is 1. The summed E-state index contributed by atoms with van der Waals surface area (Å²) in [6, 6.07) is 13.5. The highest BCUT2D eigenvalue weighted by Gasteiger charge is 2.29. The number of nitrogens with two attached hydrogens (primary N) is 1. The molecule has 3 aromatic rings. The van der Waals surface area contributed by atoms with Crippen LogP contribution in [0.3, 0.4) is 0 Å². The number of imidazole rings is 1. The van der Waals surface area contributed by atoms with E-state index in [1.807, 2.05) is 35.2 Å². The van der Waals surface area contributed by atoms with Gasteiger partial charge in [0.1, 0.15) is 5.82 Å². The number of urea groups is 1. The van der Waals surface area contributed by atoms with Crippen LogP contribution in [0.2, 0.25) is 0 Å². The number of nitrogens with zero attached hydrogens (tertiary/aromatic N) is 3. The number of likely N-dealkylation sites (tertiary alicyclic amines) is 1. The number of aryl methyl sites for hydroxylation is 3. The number of aromatic nitrogens is 2. The van der Waals surface area contributed by atoms with Crippen molar-refractivity contribution in [3.8, 4) is 0 Å². The van der Waals surface area contributed by atoms with Gasteiger partial charge in [-0.05, 0) is 73.9 Å². The molecular weight excluding hydrogens is 492 g/mol. The largest absolute Gasteiger partial charge is 0.385 e. The Labute approximate surface area is 230 Å². The summed E-state index contributed by atoms with van der Waals surface area (Å²) in [5.74, 6) is 1.24.